The summed E-state index contributed by atoms with van der Waals surface area (Å²) >= 11 is 0. The van der Waals surface area contributed by atoms with E-state index >= 15 is 0 Å². The SMILES string of the molecule is CC(=O)OCc1cccc(CC(C)(C)N)c1. The molecule has 16 heavy (non-hydrogen) atoms. The van der Waals surface area contributed by atoms with Gasteiger partial charge < -0.3 is 10.5 Å². The maximum absolute atomic E-state index is 10.7. The van der Waals surface area contributed by atoms with E-state index in [0.717, 1.165) is 17.5 Å². The second-order valence-corrected chi connectivity index (χ2v) is 4.77. The lowest BCUT2D eigenvalue weighted by Gasteiger charge is -2.18. The Morgan fingerprint density at radius 3 is 2.56 bits per heavy atom. The molecular weight excluding hydrogens is 202 g/mol. The Morgan fingerprint density at radius 1 is 1.38 bits per heavy atom. The molecule has 1 aromatic carbocycles. The van der Waals surface area contributed by atoms with Crippen LogP contribution >= 0.6 is 0 Å². The van der Waals surface area contributed by atoms with Gasteiger partial charge in [0.25, 0.3) is 0 Å². The Hall–Kier alpha value is -1.35. The molecule has 0 spiro atoms. The molecule has 88 valence electrons. The molecule has 0 atom stereocenters. The van der Waals surface area contributed by atoms with Gasteiger partial charge in [0, 0.05) is 12.5 Å². The zero-order valence-corrected chi connectivity index (χ0v) is 10.1. The molecular formula is C13H19NO2. The smallest absolute Gasteiger partial charge is 0.302 e. The number of ether oxygens (including phenoxy) is 1. The molecule has 0 saturated heterocycles. The van der Waals surface area contributed by atoms with E-state index in [1.807, 2.05) is 38.1 Å². The van der Waals surface area contributed by atoms with Gasteiger partial charge in [0.2, 0.25) is 0 Å². The predicted molar refractivity (Wildman–Crippen MR) is 63.9 cm³/mol. The van der Waals surface area contributed by atoms with Crippen LogP contribution in [0.15, 0.2) is 24.3 Å². The summed E-state index contributed by atoms with van der Waals surface area (Å²) in [6, 6.07) is 7.96. The Bertz CT molecular complexity index is 366. The summed E-state index contributed by atoms with van der Waals surface area (Å²) < 4.78 is 4.94. The van der Waals surface area contributed by atoms with Gasteiger partial charge in [-0.15, -0.1) is 0 Å². The third-order valence-electron chi connectivity index (χ3n) is 2.09. The van der Waals surface area contributed by atoms with E-state index in [-0.39, 0.29) is 11.5 Å². The van der Waals surface area contributed by atoms with Crippen molar-refractivity contribution in [2.75, 3.05) is 0 Å². The first-order valence-corrected chi connectivity index (χ1v) is 5.37. The normalized spacial score (nSPS) is 11.2. The van der Waals surface area contributed by atoms with Gasteiger partial charge >= 0.3 is 5.97 Å². The van der Waals surface area contributed by atoms with Gasteiger partial charge in [-0.2, -0.15) is 0 Å². The van der Waals surface area contributed by atoms with Crippen LogP contribution in [0.3, 0.4) is 0 Å². The van der Waals surface area contributed by atoms with Gasteiger partial charge in [-0.1, -0.05) is 24.3 Å². The molecule has 0 unspecified atom stereocenters. The monoisotopic (exact) mass is 221 g/mol. The van der Waals surface area contributed by atoms with E-state index in [4.69, 9.17) is 10.5 Å². The first-order chi connectivity index (χ1) is 7.37. The van der Waals surface area contributed by atoms with Crippen molar-refractivity contribution in [2.24, 2.45) is 5.73 Å². The summed E-state index contributed by atoms with van der Waals surface area (Å²) in [5.41, 5.74) is 7.89. The fourth-order valence-electron chi connectivity index (χ4n) is 1.54. The molecule has 0 bridgehead atoms. The van der Waals surface area contributed by atoms with E-state index in [9.17, 15) is 4.79 Å². The van der Waals surface area contributed by atoms with E-state index < -0.39 is 0 Å². The lowest BCUT2D eigenvalue weighted by atomic mass is 9.95. The Morgan fingerprint density at radius 2 is 2.00 bits per heavy atom. The van der Waals surface area contributed by atoms with Gasteiger partial charge in [-0.3, -0.25) is 4.79 Å². The fourth-order valence-corrected chi connectivity index (χ4v) is 1.54. The molecule has 0 aliphatic carbocycles. The topological polar surface area (TPSA) is 52.3 Å². The molecule has 1 aromatic rings. The van der Waals surface area contributed by atoms with Crippen LogP contribution in [0, 0.1) is 0 Å². The minimum absolute atomic E-state index is 0.222. The van der Waals surface area contributed by atoms with Crippen molar-refractivity contribution >= 4 is 5.97 Å². The quantitative estimate of drug-likeness (QED) is 0.791. The lowest BCUT2D eigenvalue weighted by molar-refractivity contribution is -0.142. The number of carbonyl (C=O) groups is 1. The molecule has 0 fully saturated rings. The second kappa shape index (κ2) is 5.12. The van der Waals surface area contributed by atoms with E-state index in [0.29, 0.717) is 6.61 Å². The number of esters is 1. The highest BCUT2D eigenvalue weighted by molar-refractivity contribution is 5.65. The van der Waals surface area contributed by atoms with Crippen molar-refractivity contribution in [3.63, 3.8) is 0 Å². The molecule has 1 rings (SSSR count). The van der Waals surface area contributed by atoms with E-state index in [1.54, 1.807) is 0 Å². The summed E-state index contributed by atoms with van der Waals surface area (Å²) in [6.07, 6.45) is 0.806. The van der Waals surface area contributed by atoms with Gasteiger partial charge in [-0.25, -0.2) is 0 Å². The molecule has 0 aromatic heterocycles. The molecule has 0 saturated carbocycles. The molecule has 3 nitrogen and oxygen atoms in total. The summed E-state index contributed by atoms with van der Waals surface area (Å²) in [6.45, 7) is 5.72. The highest BCUT2D eigenvalue weighted by Crippen LogP contribution is 2.12. The largest absolute Gasteiger partial charge is 0.461 e. The standard InChI is InChI=1S/C13H19NO2/c1-10(15)16-9-12-6-4-5-11(7-12)8-13(2,3)14/h4-7H,8-9,14H2,1-3H3. The molecule has 0 heterocycles. The van der Waals surface area contributed by atoms with Crippen LogP contribution in [-0.4, -0.2) is 11.5 Å². The summed E-state index contributed by atoms with van der Waals surface area (Å²) in [5, 5.41) is 0. The lowest BCUT2D eigenvalue weighted by Crippen LogP contribution is -2.34. The van der Waals surface area contributed by atoms with Crippen LogP contribution < -0.4 is 5.73 Å². The maximum Gasteiger partial charge on any atom is 0.302 e. The van der Waals surface area contributed by atoms with E-state index in [2.05, 4.69) is 0 Å². The van der Waals surface area contributed by atoms with Crippen LogP contribution in [-0.2, 0) is 22.6 Å². The average Bonchev–Trinajstić information content (AvgIpc) is 2.12. The van der Waals surface area contributed by atoms with Gasteiger partial charge in [0.15, 0.2) is 0 Å². The summed E-state index contributed by atoms with van der Waals surface area (Å²) in [7, 11) is 0. The van der Waals surface area contributed by atoms with Crippen molar-refractivity contribution in [1.82, 2.24) is 0 Å². The number of hydrogen-bond donors (Lipinski definition) is 1. The minimum Gasteiger partial charge on any atom is -0.461 e. The number of hydrogen-bond acceptors (Lipinski definition) is 3. The molecule has 2 N–H and O–H groups in total. The maximum atomic E-state index is 10.7. The molecule has 0 aliphatic heterocycles. The van der Waals surface area contributed by atoms with Gasteiger partial charge in [0.05, 0.1) is 0 Å². The molecule has 3 heteroatoms. The first-order valence-electron chi connectivity index (χ1n) is 5.37. The number of carbonyl (C=O) groups excluding carboxylic acids is 1. The number of nitrogens with two attached hydrogens (primary N) is 1. The van der Waals surface area contributed by atoms with Gasteiger partial charge in [0.1, 0.15) is 6.61 Å². The first kappa shape index (κ1) is 12.7. The molecule has 0 amide bonds. The Balaban J connectivity index is 2.67. The zero-order valence-electron chi connectivity index (χ0n) is 10.1. The van der Waals surface area contributed by atoms with Crippen LogP contribution in [0.1, 0.15) is 31.9 Å². The molecule has 0 aliphatic rings. The molecule has 0 radical (unpaired) electrons. The predicted octanol–water partition coefficient (Wildman–Crippen LogP) is 2.03. The zero-order chi connectivity index (χ0) is 12.2. The minimum atomic E-state index is -0.260. The Labute approximate surface area is 96.6 Å². The third kappa shape index (κ3) is 4.94. The van der Waals surface area contributed by atoms with Crippen molar-refractivity contribution in [3.05, 3.63) is 35.4 Å². The number of benzene rings is 1. The van der Waals surface area contributed by atoms with Crippen molar-refractivity contribution in [1.29, 1.82) is 0 Å². The van der Waals surface area contributed by atoms with E-state index in [1.165, 1.54) is 6.92 Å². The summed E-state index contributed by atoms with van der Waals surface area (Å²) in [4.78, 5) is 10.7. The Kier molecular flexibility index (Phi) is 4.07. The van der Waals surface area contributed by atoms with Crippen molar-refractivity contribution < 1.29 is 9.53 Å². The fraction of sp³-hybridized carbons (Fsp3) is 0.462. The average molecular weight is 221 g/mol. The van der Waals surface area contributed by atoms with Crippen molar-refractivity contribution in [3.8, 4) is 0 Å². The third-order valence-corrected chi connectivity index (χ3v) is 2.09. The highest BCUT2D eigenvalue weighted by atomic mass is 16.5. The summed E-state index contributed by atoms with van der Waals surface area (Å²) in [5.74, 6) is -0.260. The van der Waals surface area contributed by atoms with Crippen LogP contribution in [0.25, 0.3) is 0 Å². The number of rotatable bonds is 4. The second-order valence-electron chi connectivity index (χ2n) is 4.77. The van der Waals surface area contributed by atoms with Crippen molar-refractivity contribution in [2.45, 2.75) is 39.3 Å². The van der Waals surface area contributed by atoms with Crippen LogP contribution in [0.4, 0.5) is 0 Å². The van der Waals surface area contributed by atoms with Crippen LogP contribution in [0.5, 0.6) is 0 Å². The van der Waals surface area contributed by atoms with Gasteiger partial charge in [-0.05, 0) is 31.4 Å². The highest BCUT2D eigenvalue weighted by Gasteiger charge is 2.11. The van der Waals surface area contributed by atoms with Crippen LogP contribution in [0.2, 0.25) is 0 Å².